The highest BCUT2D eigenvalue weighted by molar-refractivity contribution is 7.99. The first-order valence-corrected chi connectivity index (χ1v) is 8.87. The number of amides is 1. The molecule has 3 rings (SSSR count). The van der Waals surface area contributed by atoms with Crippen molar-refractivity contribution in [1.29, 1.82) is 0 Å². The predicted octanol–water partition coefficient (Wildman–Crippen LogP) is 1.95. The van der Waals surface area contributed by atoms with Crippen molar-refractivity contribution in [3.05, 3.63) is 41.2 Å². The van der Waals surface area contributed by atoms with Gasteiger partial charge in [-0.1, -0.05) is 28.9 Å². The fourth-order valence-corrected chi connectivity index (χ4v) is 3.84. The van der Waals surface area contributed by atoms with Crippen LogP contribution in [0.2, 0.25) is 5.02 Å². The molecule has 1 aliphatic heterocycles. The Morgan fingerprint density at radius 2 is 2.17 bits per heavy atom. The summed E-state index contributed by atoms with van der Waals surface area (Å²) in [6.45, 7) is 0.500. The maximum Gasteiger partial charge on any atom is 0.305 e. The molecule has 0 spiro atoms. The Morgan fingerprint density at radius 1 is 1.38 bits per heavy atom. The van der Waals surface area contributed by atoms with Crippen molar-refractivity contribution >= 4 is 35.2 Å². The summed E-state index contributed by atoms with van der Waals surface area (Å²) in [7, 11) is 0. The fourth-order valence-electron chi connectivity index (χ4n) is 2.56. The number of aromatic nitrogens is 3. The standard InChI is InChI=1S/C15H15ClN4O3S/c16-11-3-1-2-4-13(11)20-8-12(17-18-20)15(23)19-5-6-24-9-10(19)7-14(21)22/h1-4,8,10H,5-7,9H2,(H,21,22). The smallest absolute Gasteiger partial charge is 0.305 e. The Hall–Kier alpha value is -2.06. The Balaban J connectivity index is 1.82. The lowest BCUT2D eigenvalue weighted by Gasteiger charge is -2.34. The molecule has 1 fully saturated rings. The third-order valence-corrected chi connectivity index (χ3v) is 5.12. The van der Waals surface area contributed by atoms with Gasteiger partial charge in [0.1, 0.15) is 0 Å². The Bertz CT molecular complexity index is 767. The van der Waals surface area contributed by atoms with Crippen LogP contribution in [0.15, 0.2) is 30.5 Å². The topological polar surface area (TPSA) is 88.3 Å². The molecule has 126 valence electrons. The first-order chi connectivity index (χ1) is 11.6. The fraction of sp³-hybridized carbons (Fsp3) is 0.333. The lowest BCUT2D eigenvalue weighted by atomic mass is 10.2. The molecule has 1 atom stereocenters. The van der Waals surface area contributed by atoms with E-state index in [9.17, 15) is 9.59 Å². The monoisotopic (exact) mass is 366 g/mol. The number of aliphatic carboxylic acids is 1. The first kappa shape index (κ1) is 16.8. The van der Waals surface area contributed by atoms with Crippen LogP contribution in [0.5, 0.6) is 0 Å². The van der Waals surface area contributed by atoms with Crippen molar-refractivity contribution in [2.45, 2.75) is 12.5 Å². The molecule has 0 radical (unpaired) electrons. The second kappa shape index (κ2) is 7.23. The van der Waals surface area contributed by atoms with Gasteiger partial charge in [0.2, 0.25) is 0 Å². The van der Waals surface area contributed by atoms with E-state index in [1.54, 1.807) is 34.9 Å². The van der Waals surface area contributed by atoms with E-state index in [4.69, 9.17) is 16.7 Å². The largest absolute Gasteiger partial charge is 0.481 e. The summed E-state index contributed by atoms with van der Waals surface area (Å²) in [4.78, 5) is 25.3. The van der Waals surface area contributed by atoms with Gasteiger partial charge in [-0.05, 0) is 12.1 Å². The number of carbonyl (C=O) groups excluding carboxylic acids is 1. The summed E-state index contributed by atoms with van der Waals surface area (Å²) in [5, 5.41) is 17.4. The van der Waals surface area contributed by atoms with Gasteiger partial charge >= 0.3 is 5.97 Å². The predicted molar refractivity (Wildman–Crippen MR) is 90.8 cm³/mol. The maximum absolute atomic E-state index is 12.7. The summed E-state index contributed by atoms with van der Waals surface area (Å²) in [5.74, 6) is 0.164. The summed E-state index contributed by atoms with van der Waals surface area (Å²) >= 11 is 7.77. The number of benzene rings is 1. The van der Waals surface area contributed by atoms with E-state index < -0.39 is 5.97 Å². The molecule has 1 N–H and O–H groups in total. The number of carboxylic acids is 1. The van der Waals surface area contributed by atoms with Gasteiger partial charge in [-0.15, -0.1) is 5.10 Å². The second-order valence-corrected chi connectivity index (χ2v) is 6.88. The average Bonchev–Trinajstić information content (AvgIpc) is 3.04. The zero-order chi connectivity index (χ0) is 17.1. The first-order valence-electron chi connectivity index (χ1n) is 7.34. The Labute approximate surface area is 147 Å². The van der Waals surface area contributed by atoms with Gasteiger partial charge in [0, 0.05) is 18.1 Å². The Morgan fingerprint density at radius 3 is 2.92 bits per heavy atom. The maximum atomic E-state index is 12.7. The summed E-state index contributed by atoms with van der Waals surface area (Å²) in [6.07, 6.45) is 1.44. The van der Waals surface area contributed by atoms with Crippen LogP contribution >= 0.6 is 23.4 Å². The van der Waals surface area contributed by atoms with Crippen LogP contribution in [0.1, 0.15) is 16.9 Å². The van der Waals surface area contributed by atoms with Gasteiger partial charge in [-0.2, -0.15) is 11.8 Å². The number of hydrogen-bond acceptors (Lipinski definition) is 5. The van der Waals surface area contributed by atoms with Crippen LogP contribution in [-0.2, 0) is 4.79 Å². The quantitative estimate of drug-likeness (QED) is 0.889. The molecule has 1 aromatic heterocycles. The van der Waals surface area contributed by atoms with Crippen molar-refractivity contribution in [3.63, 3.8) is 0 Å². The van der Waals surface area contributed by atoms with Gasteiger partial charge in [-0.3, -0.25) is 9.59 Å². The van der Waals surface area contributed by atoms with E-state index in [-0.39, 0.29) is 24.1 Å². The van der Waals surface area contributed by atoms with Crippen molar-refractivity contribution in [1.82, 2.24) is 19.9 Å². The summed E-state index contributed by atoms with van der Waals surface area (Å²) in [5.41, 5.74) is 0.805. The minimum atomic E-state index is -0.917. The highest BCUT2D eigenvalue weighted by Crippen LogP contribution is 2.22. The molecule has 2 heterocycles. The minimum absolute atomic E-state index is 0.0720. The summed E-state index contributed by atoms with van der Waals surface area (Å²) in [6, 6.07) is 6.78. The highest BCUT2D eigenvalue weighted by atomic mass is 35.5. The number of para-hydroxylation sites is 1. The van der Waals surface area contributed by atoms with Gasteiger partial charge in [0.25, 0.3) is 5.91 Å². The van der Waals surface area contributed by atoms with E-state index in [1.165, 1.54) is 10.9 Å². The van der Waals surface area contributed by atoms with E-state index >= 15 is 0 Å². The molecule has 9 heteroatoms. The minimum Gasteiger partial charge on any atom is -0.481 e. The van der Waals surface area contributed by atoms with Gasteiger partial charge < -0.3 is 10.0 Å². The zero-order valence-corrected chi connectivity index (χ0v) is 14.2. The van der Waals surface area contributed by atoms with Crippen molar-refractivity contribution in [3.8, 4) is 5.69 Å². The molecule has 24 heavy (non-hydrogen) atoms. The van der Waals surface area contributed by atoms with Gasteiger partial charge in [-0.25, -0.2) is 4.68 Å². The zero-order valence-electron chi connectivity index (χ0n) is 12.6. The lowest BCUT2D eigenvalue weighted by Crippen LogP contribution is -2.47. The van der Waals surface area contributed by atoms with E-state index in [2.05, 4.69) is 10.3 Å². The normalized spacial score (nSPS) is 17.7. The van der Waals surface area contributed by atoms with Crippen molar-refractivity contribution < 1.29 is 14.7 Å². The molecule has 0 aliphatic carbocycles. The second-order valence-electron chi connectivity index (χ2n) is 5.32. The lowest BCUT2D eigenvalue weighted by molar-refractivity contribution is -0.138. The van der Waals surface area contributed by atoms with Gasteiger partial charge in [0.15, 0.2) is 5.69 Å². The van der Waals surface area contributed by atoms with E-state index in [0.29, 0.717) is 23.0 Å². The number of hydrogen-bond donors (Lipinski definition) is 1. The van der Waals surface area contributed by atoms with E-state index in [1.807, 2.05) is 6.07 Å². The van der Waals surface area contributed by atoms with Crippen LogP contribution in [0.25, 0.3) is 5.69 Å². The molecule has 1 aromatic carbocycles. The number of nitrogens with zero attached hydrogens (tertiary/aromatic N) is 4. The molecular weight excluding hydrogens is 352 g/mol. The molecule has 1 saturated heterocycles. The molecule has 2 aromatic rings. The third-order valence-electron chi connectivity index (χ3n) is 3.71. The van der Waals surface area contributed by atoms with Crippen LogP contribution in [0.4, 0.5) is 0 Å². The van der Waals surface area contributed by atoms with Crippen LogP contribution in [0.3, 0.4) is 0 Å². The molecular formula is C15H15ClN4O3S. The highest BCUT2D eigenvalue weighted by Gasteiger charge is 2.31. The molecule has 1 aliphatic rings. The number of carboxylic acid groups (broad SMARTS) is 1. The van der Waals surface area contributed by atoms with Crippen LogP contribution < -0.4 is 0 Å². The average molecular weight is 367 g/mol. The number of rotatable bonds is 4. The van der Waals surface area contributed by atoms with Crippen molar-refractivity contribution in [2.75, 3.05) is 18.1 Å². The van der Waals surface area contributed by atoms with Crippen LogP contribution in [0, 0.1) is 0 Å². The Kier molecular flexibility index (Phi) is 5.06. The van der Waals surface area contributed by atoms with E-state index in [0.717, 1.165) is 5.75 Å². The van der Waals surface area contributed by atoms with Gasteiger partial charge in [0.05, 0.1) is 29.4 Å². The number of carbonyl (C=O) groups is 2. The molecule has 0 bridgehead atoms. The molecule has 0 saturated carbocycles. The molecule has 7 nitrogen and oxygen atoms in total. The SMILES string of the molecule is O=C(O)CC1CSCCN1C(=O)c1cn(-c2ccccc2Cl)nn1. The number of halogens is 1. The van der Waals surface area contributed by atoms with Crippen molar-refractivity contribution in [2.24, 2.45) is 0 Å². The number of thioether (sulfide) groups is 1. The molecule has 1 unspecified atom stereocenters. The summed E-state index contributed by atoms with van der Waals surface area (Å²) < 4.78 is 1.44. The molecule has 1 amide bonds. The third kappa shape index (κ3) is 3.54. The van der Waals surface area contributed by atoms with Crippen LogP contribution in [-0.4, -0.2) is 61.0 Å².